The molecule has 0 bridgehead atoms. The van der Waals surface area contributed by atoms with Crippen LogP contribution in [0.15, 0.2) is 52.3 Å². The van der Waals surface area contributed by atoms with Gasteiger partial charge in [-0.1, -0.05) is 41.9 Å². The van der Waals surface area contributed by atoms with E-state index in [4.69, 9.17) is 23.2 Å². The van der Waals surface area contributed by atoms with E-state index < -0.39 is 0 Å². The third-order valence-corrected chi connectivity index (χ3v) is 4.24. The van der Waals surface area contributed by atoms with Gasteiger partial charge in [0, 0.05) is 26.4 Å². The van der Waals surface area contributed by atoms with Gasteiger partial charge < -0.3 is 5.32 Å². The van der Waals surface area contributed by atoms with Crippen LogP contribution in [0.4, 0.5) is 0 Å². The van der Waals surface area contributed by atoms with Gasteiger partial charge in [0.15, 0.2) is 0 Å². The SMILES string of the molecule is CCNCc1cc(Cl)ccc1Sc1ccc(Cl)cc1. The first-order valence-electron chi connectivity index (χ1n) is 6.11. The molecule has 0 amide bonds. The molecule has 0 fully saturated rings. The quantitative estimate of drug-likeness (QED) is 0.809. The van der Waals surface area contributed by atoms with Gasteiger partial charge in [-0.25, -0.2) is 0 Å². The first-order chi connectivity index (χ1) is 9.19. The second kappa shape index (κ2) is 7.20. The highest BCUT2D eigenvalue weighted by atomic mass is 35.5. The van der Waals surface area contributed by atoms with Crippen molar-refractivity contribution in [3.8, 4) is 0 Å². The molecule has 0 aliphatic heterocycles. The lowest BCUT2D eigenvalue weighted by Crippen LogP contribution is -2.12. The molecule has 1 nitrogen and oxygen atoms in total. The van der Waals surface area contributed by atoms with Gasteiger partial charge in [0.2, 0.25) is 0 Å². The van der Waals surface area contributed by atoms with Gasteiger partial charge in [-0.05, 0) is 54.6 Å². The Balaban J connectivity index is 2.20. The smallest absolute Gasteiger partial charge is 0.0410 e. The van der Waals surface area contributed by atoms with Gasteiger partial charge in [-0.15, -0.1) is 0 Å². The summed E-state index contributed by atoms with van der Waals surface area (Å²) >= 11 is 13.7. The van der Waals surface area contributed by atoms with E-state index >= 15 is 0 Å². The summed E-state index contributed by atoms with van der Waals surface area (Å²) in [7, 11) is 0. The summed E-state index contributed by atoms with van der Waals surface area (Å²) in [6, 6.07) is 13.9. The molecule has 0 unspecified atom stereocenters. The van der Waals surface area contributed by atoms with Crippen molar-refractivity contribution < 1.29 is 0 Å². The zero-order valence-corrected chi connectivity index (χ0v) is 12.9. The Kier molecular flexibility index (Phi) is 5.59. The van der Waals surface area contributed by atoms with Crippen LogP contribution in [0.2, 0.25) is 10.0 Å². The van der Waals surface area contributed by atoms with E-state index in [1.54, 1.807) is 11.8 Å². The van der Waals surface area contributed by atoms with Crippen LogP contribution < -0.4 is 5.32 Å². The lowest BCUT2D eigenvalue weighted by molar-refractivity contribution is 0.718. The molecule has 0 aliphatic carbocycles. The van der Waals surface area contributed by atoms with Crippen LogP contribution in [-0.2, 0) is 6.54 Å². The van der Waals surface area contributed by atoms with Crippen LogP contribution in [-0.4, -0.2) is 6.54 Å². The summed E-state index contributed by atoms with van der Waals surface area (Å²) in [6.45, 7) is 3.86. The standard InChI is InChI=1S/C15H15Cl2NS/c1-2-18-10-11-9-13(17)5-8-15(11)19-14-6-3-12(16)4-7-14/h3-9,18H,2,10H2,1H3. The Labute approximate surface area is 128 Å². The van der Waals surface area contributed by atoms with Crippen molar-refractivity contribution in [3.05, 3.63) is 58.1 Å². The Morgan fingerprint density at radius 3 is 2.37 bits per heavy atom. The average molecular weight is 312 g/mol. The average Bonchev–Trinajstić information content (AvgIpc) is 2.41. The molecule has 1 N–H and O–H groups in total. The van der Waals surface area contributed by atoms with Crippen LogP contribution in [0.3, 0.4) is 0 Å². The van der Waals surface area contributed by atoms with Gasteiger partial charge in [0.25, 0.3) is 0 Å². The maximum atomic E-state index is 6.07. The molecule has 0 atom stereocenters. The van der Waals surface area contributed by atoms with Gasteiger partial charge in [-0.2, -0.15) is 0 Å². The van der Waals surface area contributed by atoms with E-state index in [2.05, 4.69) is 18.3 Å². The number of halogens is 2. The number of hydrogen-bond donors (Lipinski definition) is 1. The van der Waals surface area contributed by atoms with Crippen LogP contribution >= 0.6 is 35.0 Å². The molecule has 2 aromatic carbocycles. The number of hydrogen-bond acceptors (Lipinski definition) is 2. The van der Waals surface area contributed by atoms with Crippen molar-refractivity contribution in [2.45, 2.75) is 23.3 Å². The topological polar surface area (TPSA) is 12.0 Å². The molecule has 2 aromatic rings. The molecular weight excluding hydrogens is 297 g/mol. The molecule has 0 spiro atoms. The molecule has 0 aliphatic rings. The second-order valence-electron chi connectivity index (χ2n) is 4.09. The first-order valence-corrected chi connectivity index (χ1v) is 7.69. The van der Waals surface area contributed by atoms with Crippen molar-refractivity contribution in [1.82, 2.24) is 5.32 Å². The monoisotopic (exact) mass is 311 g/mol. The Morgan fingerprint density at radius 2 is 1.68 bits per heavy atom. The molecule has 100 valence electrons. The maximum Gasteiger partial charge on any atom is 0.0410 e. The number of nitrogens with one attached hydrogen (secondary N) is 1. The molecule has 0 aromatic heterocycles. The van der Waals surface area contributed by atoms with Crippen LogP contribution in [0.1, 0.15) is 12.5 Å². The lowest BCUT2D eigenvalue weighted by Gasteiger charge is -2.10. The fourth-order valence-corrected chi connectivity index (χ4v) is 2.92. The van der Waals surface area contributed by atoms with E-state index in [1.165, 1.54) is 15.4 Å². The first kappa shape index (κ1) is 14.7. The largest absolute Gasteiger partial charge is 0.313 e. The third-order valence-electron chi connectivity index (χ3n) is 2.63. The van der Waals surface area contributed by atoms with Crippen molar-refractivity contribution in [2.24, 2.45) is 0 Å². The minimum atomic E-state index is 0.758. The molecule has 2 rings (SSSR count). The van der Waals surface area contributed by atoms with Crippen LogP contribution in [0.5, 0.6) is 0 Å². The highest BCUT2D eigenvalue weighted by molar-refractivity contribution is 7.99. The maximum absolute atomic E-state index is 6.07. The highest BCUT2D eigenvalue weighted by Gasteiger charge is 2.05. The van der Waals surface area contributed by atoms with Gasteiger partial charge in [0.05, 0.1) is 0 Å². The Bertz CT molecular complexity index is 540. The minimum Gasteiger partial charge on any atom is -0.313 e. The molecule has 0 radical (unpaired) electrons. The minimum absolute atomic E-state index is 0.758. The Morgan fingerprint density at radius 1 is 1.00 bits per heavy atom. The predicted octanol–water partition coefficient (Wildman–Crippen LogP) is 5.25. The van der Waals surface area contributed by atoms with Crippen molar-refractivity contribution in [1.29, 1.82) is 0 Å². The lowest BCUT2D eigenvalue weighted by atomic mass is 10.2. The summed E-state index contributed by atoms with van der Waals surface area (Å²) in [5.74, 6) is 0. The number of benzene rings is 2. The van der Waals surface area contributed by atoms with E-state index in [0.29, 0.717) is 0 Å². The van der Waals surface area contributed by atoms with Gasteiger partial charge in [-0.3, -0.25) is 0 Å². The summed E-state index contributed by atoms with van der Waals surface area (Å²) in [4.78, 5) is 2.39. The second-order valence-corrected chi connectivity index (χ2v) is 6.08. The predicted molar refractivity (Wildman–Crippen MR) is 84.4 cm³/mol. The molecule has 19 heavy (non-hydrogen) atoms. The van der Waals surface area contributed by atoms with E-state index in [1.807, 2.05) is 36.4 Å². The summed E-state index contributed by atoms with van der Waals surface area (Å²) in [5.41, 5.74) is 1.22. The molecule has 0 saturated heterocycles. The molecule has 0 saturated carbocycles. The Hall–Kier alpha value is -0.670. The van der Waals surface area contributed by atoms with E-state index in [9.17, 15) is 0 Å². The normalized spacial score (nSPS) is 10.7. The summed E-state index contributed by atoms with van der Waals surface area (Å²) < 4.78 is 0. The van der Waals surface area contributed by atoms with Gasteiger partial charge >= 0.3 is 0 Å². The third kappa shape index (κ3) is 4.43. The molecule has 0 heterocycles. The highest BCUT2D eigenvalue weighted by Crippen LogP contribution is 2.32. The molecule has 4 heteroatoms. The van der Waals surface area contributed by atoms with Crippen LogP contribution in [0.25, 0.3) is 0 Å². The van der Waals surface area contributed by atoms with E-state index in [-0.39, 0.29) is 0 Å². The van der Waals surface area contributed by atoms with E-state index in [0.717, 1.165) is 23.1 Å². The van der Waals surface area contributed by atoms with Crippen molar-refractivity contribution >= 4 is 35.0 Å². The fourth-order valence-electron chi connectivity index (χ4n) is 1.68. The van der Waals surface area contributed by atoms with Crippen molar-refractivity contribution in [2.75, 3.05) is 6.54 Å². The molecular formula is C15H15Cl2NS. The summed E-state index contributed by atoms with van der Waals surface area (Å²) in [6.07, 6.45) is 0. The fraction of sp³-hybridized carbons (Fsp3) is 0.200. The van der Waals surface area contributed by atoms with Crippen molar-refractivity contribution in [3.63, 3.8) is 0 Å². The summed E-state index contributed by atoms with van der Waals surface area (Å²) in [5, 5.41) is 4.86. The van der Waals surface area contributed by atoms with Gasteiger partial charge in [0.1, 0.15) is 0 Å². The van der Waals surface area contributed by atoms with Crippen LogP contribution in [0, 0.1) is 0 Å². The zero-order valence-electron chi connectivity index (χ0n) is 10.6. The number of rotatable bonds is 5. The zero-order chi connectivity index (χ0) is 13.7.